The Hall–Kier alpha value is -0.860. The number of carboxylic acid groups (broad SMARTS) is 1. The van der Waals surface area contributed by atoms with Crippen LogP contribution in [0, 0.1) is 11.8 Å². The fourth-order valence-corrected chi connectivity index (χ4v) is 1.86. The van der Waals surface area contributed by atoms with Crippen molar-refractivity contribution in [2.24, 2.45) is 11.8 Å². The fraction of sp³-hybridized carbons (Fsp3) is 0.800. The molecular weight excluding hydrogens is 168 g/mol. The first kappa shape index (κ1) is 10.2. The average molecular weight is 184 g/mol. The maximum atomic E-state index is 11.4. The lowest BCUT2D eigenvalue weighted by Gasteiger charge is -2.24. The quantitative estimate of drug-likeness (QED) is 0.728. The van der Waals surface area contributed by atoms with Gasteiger partial charge in [0.2, 0.25) is 0 Å². The smallest absolute Gasteiger partial charge is 0.303 e. The highest BCUT2D eigenvalue weighted by Crippen LogP contribution is 2.28. The van der Waals surface area contributed by atoms with E-state index in [1.165, 1.54) is 0 Å². The van der Waals surface area contributed by atoms with E-state index in [0.717, 1.165) is 12.8 Å². The van der Waals surface area contributed by atoms with Gasteiger partial charge >= 0.3 is 5.97 Å². The standard InChI is InChI=1S/C10H16O3/c1-7-2-3-8(9(11)6-7)4-5-10(12)13/h7-8H,2-6H2,1H3,(H,12,13). The highest BCUT2D eigenvalue weighted by molar-refractivity contribution is 5.82. The number of ketones is 1. The Morgan fingerprint density at radius 1 is 1.54 bits per heavy atom. The van der Waals surface area contributed by atoms with E-state index in [1.54, 1.807) is 0 Å². The Kier molecular flexibility index (Phi) is 3.46. The molecule has 1 aliphatic carbocycles. The van der Waals surface area contributed by atoms with Crippen molar-refractivity contribution in [3.05, 3.63) is 0 Å². The van der Waals surface area contributed by atoms with Crippen LogP contribution in [0.25, 0.3) is 0 Å². The molecule has 3 heteroatoms. The second kappa shape index (κ2) is 4.40. The average Bonchev–Trinajstić information content (AvgIpc) is 2.02. The molecule has 0 radical (unpaired) electrons. The molecule has 0 aromatic rings. The number of Topliss-reactive ketones (excluding diaryl/α,β-unsaturated/α-hetero) is 1. The second-order valence-electron chi connectivity index (χ2n) is 3.98. The molecule has 0 aromatic heterocycles. The van der Waals surface area contributed by atoms with Gasteiger partial charge in [-0.2, -0.15) is 0 Å². The molecule has 0 amide bonds. The molecule has 3 nitrogen and oxygen atoms in total. The summed E-state index contributed by atoms with van der Waals surface area (Å²) in [5.41, 5.74) is 0. The van der Waals surface area contributed by atoms with Crippen LogP contribution in [0.2, 0.25) is 0 Å². The third-order valence-electron chi connectivity index (χ3n) is 2.72. The van der Waals surface area contributed by atoms with Crippen LogP contribution in [0.5, 0.6) is 0 Å². The third kappa shape index (κ3) is 3.17. The van der Waals surface area contributed by atoms with E-state index < -0.39 is 5.97 Å². The van der Waals surface area contributed by atoms with Crippen molar-refractivity contribution in [2.75, 3.05) is 0 Å². The van der Waals surface area contributed by atoms with Crippen LogP contribution in [0.15, 0.2) is 0 Å². The van der Waals surface area contributed by atoms with E-state index in [4.69, 9.17) is 5.11 Å². The number of carbonyl (C=O) groups is 2. The molecule has 13 heavy (non-hydrogen) atoms. The van der Waals surface area contributed by atoms with Crippen LogP contribution in [-0.2, 0) is 9.59 Å². The first-order chi connectivity index (χ1) is 6.09. The molecule has 2 unspecified atom stereocenters. The summed E-state index contributed by atoms with van der Waals surface area (Å²) in [5, 5.41) is 8.47. The number of hydrogen-bond donors (Lipinski definition) is 1. The zero-order valence-electron chi connectivity index (χ0n) is 7.95. The van der Waals surface area contributed by atoms with Crippen LogP contribution in [0.1, 0.15) is 39.0 Å². The molecule has 1 aliphatic rings. The lowest BCUT2D eigenvalue weighted by molar-refractivity contribution is -0.137. The summed E-state index contributed by atoms with van der Waals surface area (Å²) in [6, 6.07) is 0. The van der Waals surface area contributed by atoms with Gasteiger partial charge in [-0.05, 0) is 25.2 Å². The Balaban J connectivity index is 2.34. The second-order valence-corrected chi connectivity index (χ2v) is 3.98. The molecule has 1 rings (SSSR count). The lowest BCUT2D eigenvalue weighted by atomic mass is 9.80. The summed E-state index contributed by atoms with van der Waals surface area (Å²) in [6.07, 6.45) is 3.25. The van der Waals surface area contributed by atoms with Crippen LogP contribution in [-0.4, -0.2) is 16.9 Å². The first-order valence-electron chi connectivity index (χ1n) is 4.84. The molecule has 1 fully saturated rings. The van der Waals surface area contributed by atoms with E-state index in [1.807, 2.05) is 0 Å². The van der Waals surface area contributed by atoms with Crippen LogP contribution < -0.4 is 0 Å². The van der Waals surface area contributed by atoms with Crippen molar-refractivity contribution in [2.45, 2.75) is 39.0 Å². The first-order valence-corrected chi connectivity index (χ1v) is 4.84. The highest BCUT2D eigenvalue weighted by atomic mass is 16.4. The van der Waals surface area contributed by atoms with Crippen molar-refractivity contribution < 1.29 is 14.7 Å². The van der Waals surface area contributed by atoms with Gasteiger partial charge in [-0.1, -0.05) is 6.92 Å². The number of carbonyl (C=O) groups excluding carboxylic acids is 1. The monoisotopic (exact) mass is 184 g/mol. The van der Waals surface area contributed by atoms with Gasteiger partial charge in [0.15, 0.2) is 0 Å². The van der Waals surface area contributed by atoms with Crippen molar-refractivity contribution >= 4 is 11.8 Å². The summed E-state index contributed by atoms with van der Waals surface area (Å²) < 4.78 is 0. The van der Waals surface area contributed by atoms with E-state index in [2.05, 4.69) is 6.92 Å². The molecule has 2 atom stereocenters. The zero-order chi connectivity index (χ0) is 9.84. The summed E-state index contributed by atoms with van der Waals surface area (Å²) in [6.45, 7) is 2.07. The molecule has 0 bridgehead atoms. The molecule has 0 heterocycles. The Labute approximate surface area is 78.1 Å². The largest absolute Gasteiger partial charge is 0.481 e. The van der Waals surface area contributed by atoms with Gasteiger partial charge in [-0.15, -0.1) is 0 Å². The maximum Gasteiger partial charge on any atom is 0.303 e. The lowest BCUT2D eigenvalue weighted by Crippen LogP contribution is -2.24. The molecule has 74 valence electrons. The van der Waals surface area contributed by atoms with Gasteiger partial charge in [0.25, 0.3) is 0 Å². The minimum absolute atomic E-state index is 0.0206. The summed E-state index contributed by atoms with van der Waals surface area (Å²) in [4.78, 5) is 21.7. The maximum absolute atomic E-state index is 11.4. The van der Waals surface area contributed by atoms with Gasteiger partial charge in [-0.25, -0.2) is 0 Å². The fourth-order valence-electron chi connectivity index (χ4n) is 1.86. The van der Waals surface area contributed by atoms with Crippen molar-refractivity contribution in [3.63, 3.8) is 0 Å². The zero-order valence-corrected chi connectivity index (χ0v) is 7.95. The molecule has 0 saturated heterocycles. The normalized spacial score (nSPS) is 28.8. The van der Waals surface area contributed by atoms with E-state index in [9.17, 15) is 9.59 Å². The predicted octanol–water partition coefficient (Wildman–Crippen LogP) is 1.86. The van der Waals surface area contributed by atoms with Crippen LogP contribution in [0.4, 0.5) is 0 Å². The van der Waals surface area contributed by atoms with Crippen molar-refractivity contribution in [1.82, 2.24) is 0 Å². The van der Waals surface area contributed by atoms with E-state index >= 15 is 0 Å². The molecule has 0 aromatic carbocycles. The van der Waals surface area contributed by atoms with Crippen LogP contribution in [0.3, 0.4) is 0 Å². The SMILES string of the molecule is CC1CCC(CCC(=O)O)C(=O)C1. The summed E-state index contributed by atoms with van der Waals surface area (Å²) in [7, 11) is 0. The summed E-state index contributed by atoms with van der Waals surface area (Å²) >= 11 is 0. The molecule has 0 aliphatic heterocycles. The number of rotatable bonds is 3. The predicted molar refractivity (Wildman–Crippen MR) is 48.4 cm³/mol. The minimum Gasteiger partial charge on any atom is -0.481 e. The van der Waals surface area contributed by atoms with Gasteiger partial charge in [0.05, 0.1) is 0 Å². The summed E-state index contributed by atoms with van der Waals surface area (Å²) in [5.74, 6) is -0.0210. The Morgan fingerprint density at radius 3 is 2.77 bits per heavy atom. The molecule has 1 saturated carbocycles. The van der Waals surface area contributed by atoms with Gasteiger partial charge < -0.3 is 5.11 Å². The highest BCUT2D eigenvalue weighted by Gasteiger charge is 2.26. The third-order valence-corrected chi connectivity index (χ3v) is 2.72. The number of aliphatic carboxylic acids is 1. The van der Waals surface area contributed by atoms with Gasteiger partial charge in [-0.3, -0.25) is 9.59 Å². The van der Waals surface area contributed by atoms with E-state index in [-0.39, 0.29) is 18.1 Å². The van der Waals surface area contributed by atoms with Gasteiger partial charge in [0, 0.05) is 18.8 Å². The molecule has 1 N–H and O–H groups in total. The van der Waals surface area contributed by atoms with Crippen molar-refractivity contribution in [1.29, 1.82) is 0 Å². The van der Waals surface area contributed by atoms with Crippen molar-refractivity contribution in [3.8, 4) is 0 Å². The topological polar surface area (TPSA) is 54.4 Å². The Bertz CT molecular complexity index is 210. The van der Waals surface area contributed by atoms with E-state index in [0.29, 0.717) is 18.8 Å². The number of hydrogen-bond acceptors (Lipinski definition) is 2. The van der Waals surface area contributed by atoms with Gasteiger partial charge in [0.1, 0.15) is 5.78 Å². The Morgan fingerprint density at radius 2 is 2.23 bits per heavy atom. The molecular formula is C10H16O3. The molecule has 0 spiro atoms. The van der Waals surface area contributed by atoms with Crippen LogP contribution >= 0.6 is 0 Å². The number of carboxylic acids is 1. The minimum atomic E-state index is -0.800.